The topological polar surface area (TPSA) is 79.9 Å². The number of anilines is 1. The monoisotopic (exact) mass is 524 g/mol. The second kappa shape index (κ2) is 11.1. The van der Waals surface area contributed by atoms with Crippen LogP contribution in [-0.4, -0.2) is 63.8 Å². The minimum atomic E-state index is -0.597. The summed E-state index contributed by atoms with van der Waals surface area (Å²) in [6.07, 6.45) is 6.60. The fourth-order valence-corrected chi connectivity index (χ4v) is 6.43. The van der Waals surface area contributed by atoms with E-state index in [1.807, 2.05) is 13.8 Å². The van der Waals surface area contributed by atoms with Crippen LogP contribution in [0.4, 0.5) is 11.5 Å². The number of nitrogens with zero attached hydrogens (tertiary/aromatic N) is 5. The summed E-state index contributed by atoms with van der Waals surface area (Å²) in [7, 11) is 0. The highest BCUT2D eigenvalue weighted by atomic mass is 16.5. The number of aromatic nitrogens is 2. The molecule has 0 amide bonds. The summed E-state index contributed by atoms with van der Waals surface area (Å²) < 4.78 is 6.15. The molecule has 2 aliphatic heterocycles. The quantitative estimate of drug-likeness (QED) is 0.462. The van der Waals surface area contributed by atoms with Gasteiger partial charge in [-0.15, -0.1) is 0 Å². The van der Waals surface area contributed by atoms with Crippen LogP contribution < -0.4 is 10.5 Å². The molecule has 39 heavy (non-hydrogen) atoms. The number of hydrogen-bond donors (Lipinski definition) is 1. The maximum atomic E-state index is 6.15. The van der Waals surface area contributed by atoms with Crippen molar-refractivity contribution in [3.63, 3.8) is 0 Å². The Labute approximate surface area is 232 Å². The normalized spacial score (nSPS) is 23.5. The number of nitrogens with two attached hydrogens (primary N) is 1. The molecule has 7 heteroatoms. The molecule has 3 heterocycles. The Morgan fingerprint density at radius 3 is 2.28 bits per heavy atom. The Kier molecular flexibility index (Phi) is 7.36. The van der Waals surface area contributed by atoms with Gasteiger partial charge in [-0.05, 0) is 62.5 Å². The fraction of sp³-hybridized carbons (Fsp3) is 0.469. The minimum absolute atomic E-state index is 0.343. The molecule has 204 valence electrons. The molecule has 0 radical (unpaired) electrons. The number of benzene rings is 2. The van der Waals surface area contributed by atoms with Crippen molar-refractivity contribution < 1.29 is 4.74 Å². The van der Waals surface area contributed by atoms with Gasteiger partial charge in [0, 0.05) is 44.8 Å². The van der Waals surface area contributed by atoms with E-state index in [4.69, 9.17) is 15.5 Å². The summed E-state index contributed by atoms with van der Waals surface area (Å²) in [6.45, 7) is 11.1. The first-order valence-corrected chi connectivity index (χ1v) is 14.4. The van der Waals surface area contributed by atoms with E-state index in [0.717, 1.165) is 23.7 Å². The molecule has 6 rings (SSSR count). The molecule has 2 aromatic carbocycles. The van der Waals surface area contributed by atoms with Gasteiger partial charge in [0.05, 0.1) is 5.71 Å². The molecule has 0 unspecified atom stereocenters. The first-order chi connectivity index (χ1) is 18.9. The van der Waals surface area contributed by atoms with Crippen molar-refractivity contribution in [3.8, 4) is 5.88 Å². The van der Waals surface area contributed by atoms with Crippen molar-refractivity contribution in [1.82, 2.24) is 19.8 Å². The van der Waals surface area contributed by atoms with E-state index in [2.05, 4.69) is 74.4 Å². The zero-order valence-corrected chi connectivity index (χ0v) is 23.2. The van der Waals surface area contributed by atoms with Crippen molar-refractivity contribution in [2.24, 2.45) is 10.9 Å². The molecule has 0 bridgehead atoms. The second-order valence-electron chi connectivity index (χ2n) is 11.9. The molecule has 3 aromatic rings. The molecule has 0 spiro atoms. The Bertz CT molecular complexity index is 1290. The predicted molar refractivity (Wildman–Crippen MR) is 157 cm³/mol. The van der Waals surface area contributed by atoms with Crippen LogP contribution in [0.5, 0.6) is 5.88 Å². The average Bonchev–Trinajstić information content (AvgIpc) is 2.95. The number of nitrogen functional groups attached to an aromatic ring is 1. The van der Waals surface area contributed by atoms with E-state index >= 15 is 0 Å². The molecule has 2 fully saturated rings. The molecular weight excluding hydrogens is 484 g/mol. The minimum Gasteiger partial charge on any atom is -0.463 e. The van der Waals surface area contributed by atoms with Crippen molar-refractivity contribution >= 4 is 17.2 Å². The van der Waals surface area contributed by atoms with Crippen LogP contribution in [0.3, 0.4) is 0 Å². The van der Waals surface area contributed by atoms with Gasteiger partial charge in [0.25, 0.3) is 0 Å². The van der Waals surface area contributed by atoms with Crippen LogP contribution in [0.2, 0.25) is 0 Å². The number of rotatable bonds is 6. The highest BCUT2D eigenvalue weighted by Crippen LogP contribution is 2.40. The predicted octanol–water partition coefficient (Wildman–Crippen LogP) is 5.44. The lowest BCUT2D eigenvalue weighted by atomic mass is 9.78. The van der Waals surface area contributed by atoms with Crippen molar-refractivity contribution in [2.45, 2.75) is 57.6 Å². The summed E-state index contributed by atoms with van der Waals surface area (Å²) in [4.78, 5) is 18.4. The van der Waals surface area contributed by atoms with Crippen LogP contribution in [0.15, 0.2) is 65.9 Å². The SMILES string of the molecule is CC1(C)Oc2ncnc(N)c2N=C1c1ccc(C2CCC(CN3CCN(Cc4ccccc4)CC3)CC2)cc1. The summed E-state index contributed by atoms with van der Waals surface area (Å²) in [5.74, 6) is 2.25. The van der Waals surface area contributed by atoms with Crippen LogP contribution in [0, 0.1) is 5.92 Å². The van der Waals surface area contributed by atoms with Gasteiger partial charge >= 0.3 is 0 Å². The Morgan fingerprint density at radius 1 is 0.872 bits per heavy atom. The summed E-state index contributed by atoms with van der Waals surface area (Å²) >= 11 is 0. The van der Waals surface area contributed by atoms with Gasteiger partial charge in [-0.1, -0.05) is 54.6 Å². The summed E-state index contributed by atoms with van der Waals surface area (Å²) in [6, 6.07) is 19.8. The third kappa shape index (κ3) is 5.85. The summed E-state index contributed by atoms with van der Waals surface area (Å²) in [5, 5.41) is 0. The van der Waals surface area contributed by atoms with Crippen molar-refractivity contribution in [3.05, 3.63) is 77.6 Å². The lowest BCUT2D eigenvalue weighted by Gasteiger charge is -2.38. The van der Waals surface area contributed by atoms with Gasteiger partial charge < -0.3 is 15.4 Å². The van der Waals surface area contributed by atoms with Crippen LogP contribution >= 0.6 is 0 Å². The zero-order valence-electron chi connectivity index (χ0n) is 23.2. The molecule has 2 N–H and O–H groups in total. The molecule has 1 saturated heterocycles. The Morgan fingerprint density at radius 2 is 1.56 bits per heavy atom. The van der Waals surface area contributed by atoms with Crippen molar-refractivity contribution in [2.75, 3.05) is 38.5 Å². The maximum Gasteiger partial charge on any atom is 0.246 e. The number of hydrogen-bond acceptors (Lipinski definition) is 7. The Hall–Kier alpha value is -3.29. The average molecular weight is 525 g/mol. The maximum absolute atomic E-state index is 6.15. The van der Waals surface area contributed by atoms with Crippen LogP contribution in [0.1, 0.15) is 62.1 Å². The molecule has 1 aromatic heterocycles. The second-order valence-corrected chi connectivity index (χ2v) is 11.9. The summed E-state index contributed by atoms with van der Waals surface area (Å²) in [5.41, 5.74) is 10.7. The highest BCUT2D eigenvalue weighted by Gasteiger charge is 2.35. The van der Waals surface area contributed by atoms with Crippen LogP contribution in [0.25, 0.3) is 0 Å². The fourth-order valence-electron chi connectivity index (χ4n) is 6.43. The lowest BCUT2D eigenvalue weighted by molar-refractivity contribution is 0.104. The van der Waals surface area contributed by atoms with E-state index in [9.17, 15) is 0 Å². The molecule has 1 aliphatic carbocycles. The van der Waals surface area contributed by atoms with Gasteiger partial charge in [0.15, 0.2) is 11.5 Å². The molecule has 3 aliphatic rings. The van der Waals surface area contributed by atoms with Crippen molar-refractivity contribution in [1.29, 1.82) is 0 Å². The Balaban J connectivity index is 1.01. The van der Waals surface area contributed by atoms with Gasteiger partial charge in [0.2, 0.25) is 5.88 Å². The number of piperazine rings is 1. The van der Waals surface area contributed by atoms with E-state index < -0.39 is 5.60 Å². The van der Waals surface area contributed by atoms with E-state index in [1.54, 1.807) is 0 Å². The van der Waals surface area contributed by atoms with E-state index in [0.29, 0.717) is 23.3 Å². The highest BCUT2D eigenvalue weighted by molar-refractivity contribution is 6.09. The van der Waals surface area contributed by atoms with E-state index in [-0.39, 0.29) is 0 Å². The van der Waals surface area contributed by atoms with Gasteiger partial charge in [-0.2, -0.15) is 4.98 Å². The van der Waals surface area contributed by atoms with Gasteiger partial charge in [-0.25, -0.2) is 9.98 Å². The first-order valence-electron chi connectivity index (χ1n) is 14.4. The number of fused-ring (bicyclic) bond motifs is 1. The molecular formula is C32H40N6O. The molecule has 1 saturated carbocycles. The standard InChI is InChI=1S/C32H40N6O/c1-32(2)29(36-28-30(33)34-22-35-31(28)39-32)27-14-12-26(13-15-27)25-10-8-24(9-11-25)21-38-18-16-37(17-19-38)20-23-6-4-3-5-7-23/h3-7,12-15,22,24-25H,8-11,16-21H2,1-2H3,(H2,33,34,35). The van der Waals surface area contributed by atoms with Gasteiger partial charge in [-0.3, -0.25) is 4.90 Å². The third-order valence-corrected chi connectivity index (χ3v) is 8.70. The molecule has 0 atom stereocenters. The van der Waals surface area contributed by atoms with Gasteiger partial charge in [0.1, 0.15) is 11.9 Å². The third-order valence-electron chi connectivity index (χ3n) is 8.70. The molecule has 7 nitrogen and oxygen atoms in total. The zero-order chi connectivity index (χ0) is 26.8. The first kappa shape index (κ1) is 26.0. The number of ether oxygens (including phenoxy) is 1. The largest absolute Gasteiger partial charge is 0.463 e. The number of aliphatic imine (C=N–C) groups is 1. The smallest absolute Gasteiger partial charge is 0.246 e. The van der Waals surface area contributed by atoms with Crippen LogP contribution in [-0.2, 0) is 6.54 Å². The van der Waals surface area contributed by atoms with E-state index in [1.165, 1.54) is 75.9 Å². The lowest BCUT2D eigenvalue weighted by Crippen LogP contribution is -2.47.